The predicted molar refractivity (Wildman–Crippen MR) is 54.4 cm³/mol. The minimum Gasteiger partial charge on any atom is -0.339 e. The minimum atomic E-state index is 0.220. The van der Waals surface area contributed by atoms with Gasteiger partial charge in [-0.3, -0.25) is 4.79 Å². The Labute approximate surface area is 85.7 Å². The summed E-state index contributed by atoms with van der Waals surface area (Å²) in [7, 11) is 0. The zero-order valence-electron chi connectivity index (χ0n) is 8.99. The quantitative estimate of drug-likeness (QED) is 0.671. The molecule has 0 atom stereocenters. The van der Waals surface area contributed by atoms with Gasteiger partial charge in [0, 0.05) is 19.0 Å². The number of nitrogens with zero attached hydrogens (tertiary/aromatic N) is 2. The second-order valence-corrected chi connectivity index (χ2v) is 4.32. The summed E-state index contributed by atoms with van der Waals surface area (Å²) in [6, 6.07) is 2.53. The van der Waals surface area contributed by atoms with Gasteiger partial charge >= 0.3 is 0 Å². The summed E-state index contributed by atoms with van der Waals surface area (Å²) in [6.45, 7) is 4.72. The molecule has 0 aromatic carbocycles. The molecule has 1 rings (SSSR count). The lowest BCUT2D eigenvalue weighted by Gasteiger charge is -2.22. The van der Waals surface area contributed by atoms with Crippen molar-refractivity contribution in [3.05, 3.63) is 0 Å². The Bertz CT molecular complexity index is 238. The number of hydrogen-bond donors (Lipinski definition) is 0. The molecule has 0 heterocycles. The SMILES string of the molecule is CC(C)CC(=O)N(CCC#N)C1CC1. The van der Waals surface area contributed by atoms with Gasteiger partial charge in [-0.05, 0) is 18.8 Å². The van der Waals surface area contributed by atoms with Crippen LogP contribution in [0.15, 0.2) is 0 Å². The second kappa shape index (κ2) is 4.99. The van der Waals surface area contributed by atoms with Crippen molar-refractivity contribution in [2.24, 2.45) is 5.92 Å². The third-order valence-corrected chi connectivity index (χ3v) is 2.36. The molecule has 0 unspecified atom stereocenters. The molecule has 78 valence electrons. The Morgan fingerprint density at radius 1 is 1.57 bits per heavy atom. The Morgan fingerprint density at radius 2 is 2.21 bits per heavy atom. The molecule has 0 aromatic heterocycles. The number of hydrogen-bond acceptors (Lipinski definition) is 2. The van der Waals surface area contributed by atoms with Crippen molar-refractivity contribution in [2.75, 3.05) is 6.54 Å². The molecular formula is C11H18N2O. The maximum atomic E-state index is 11.8. The molecule has 0 spiro atoms. The molecule has 0 aliphatic heterocycles. The lowest BCUT2D eigenvalue weighted by atomic mass is 10.1. The summed E-state index contributed by atoms with van der Waals surface area (Å²) in [5.74, 6) is 0.628. The smallest absolute Gasteiger partial charge is 0.223 e. The van der Waals surface area contributed by atoms with E-state index in [-0.39, 0.29) is 5.91 Å². The topological polar surface area (TPSA) is 44.1 Å². The number of carbonyl (C=O) groups is 1. The van der Waals surface area contributed by atoms with Gasteiger partial charge in [-0.2, -0.15) is 5.26 Å². The summed E-state index contributed by atoms with van der Waals surface area (Å²) in [6.07, 6.45) is 3.31. The van der Waals surface area contributed by atoms with Crippen molar-refractivity contribution in [2.45, 2.75) is 45.6 Å². The molecule has 0 saturated heterocycles. The monoisotopic (exact) mass is 194 g/mol. The van der Waals surface area contributed by atoms with Crippen LogP contribution in [0.3, 0.4) is 0 Å². The van der Waals surface area contributed by atoms with Crippen molar-refractivity contribution in [1.82, 2.24) is 4.90 Å². The van der Waals surface area contributed by atoms with Gasteiger partial charge in [0.1, 0.15) is 0 Å². The molecule has 1 aliphatic rings. The first-order valence-corrected chi connectivity index (χ1v) is 5.31. The lowest BCUT2D eigenvalue weighted by Crippen LogP contribution is -2.34. The highest BCUT2D eigenvalue weighted by atomic mass is 16.2. The average molecular weight is 194 g/mol. The first-order chi connectivity index (χ1) is 6.65. The van der Waals surface area contributed by atoms with E-state index in [0.717, 1.165) is 12.8 Å². The van der Waals surface area contributed by atoms with Crippen LogP contribution in [0, 0.1) is 17.2 Å². The van der Waals surface area contributed by atoms with E-state index in [1.165, 1.54) is 0 Å². The van der Waals surface area contributed by atoms with Crippen molar-refractivity contribution >= 4 is 5.91 Å². The van der Waals surface area contributed by atoms with Crippen LogP contribution in [0.5, 0.6) is 0 Å². The molecule has 3 heteroatoms. The van der Waals surface area contributed by atoms with Crippen LogP contribution in [-0.2, 0) is 4.79 Å². The highest BCUT2D eigenvalue weighted by Gasteiger charge is 2.31. The van der Waals surface area contributed by atoms with E-state index in [0.29, 0.717) is 31.3 Å². The van der Waals surface area contributed by atoms with E-state index in [4.69, 9.17) is 5.26 Å². The van der Waals surface area contributed by atoms with Gasteiger partial charge in [-0.15, -0.1) is 0 Å². The number of amides is 1. The van der Waals surface area contributed by atoms with Gasteiger partial charge in [-0.25, -0.2) is 0 Å². The molecule has 1 amide bonds. The average Bonchev–Trinajstić information content (AvgIpc) is 2.87. The Balaban J connectivity index is 2.41. The molecule has 1 saturated carbocycles. The number of nitriles is 1. The van der Waals surface area contributed by atoms with Crippen LogP contribution in [0.25, 0.3) is 0 Å². The Morgan fingerprint density at radius 3 is 2.64 bits per heavy atom. The molecule has 14 heavy (non-hydrogen) atoms. The fourth-order valence-electron chi connectivity index (χ4n) is 1.53. The molecule has 0 bridgehead atoms. The van der Waals surface area contributed by atoms with Crippen molar-refractivity contribution in [3.63, 3.8) is 0 Å². The minimum absolute atomic E-state index is 0.220. The van der Waals surface area contributed by atoms with Gasteiger partial charge in [0.2, 0.25) is 5.91 Å². The third-order valence-electron chi connectivity index (χ3n) is 2.36. The molecule has 0 aromatic rings. The van der Waals surface area contributed by atoms with E-state index >= 15 is 0 Å². The van der Waals surface area contributed by atoms with Gasteiger partial charge in [0.05, 0.1) is 12.5 Å². The summed E-state index contributed by atoms with van der Waals surface area (Å²) in [4.78, 5) is 13.6. The van der Waals surface area contributed by atoms with Crippen LogP contribution < -0.4 is 0 Å². The zero-order valence-corrected chi connectivity index (χ0v) is 8.99. The van der Waals surface area contributed by atoms with Crippen molar-refractivity contribution in [3.8, 4) is 6.07 Å². The van der Waals surface area contributed by atoms with Crippen molar-refractivity contribution in [1.29, 1.82) is 5.26 Å². The summed E-state index contributed by atoms with van der Waals surface area (Å²) >= 11 is 0. The molecule has 0 N–H and O–H groups in total. The third kappa shape index (κ3) is 3.37. The predicted octanol–water partition coefficient (Wildman–Crippen LogP) is 1.94. The van der Waals surface area contributed by atoms with E-state index in [1.807, 2.05) is 18.7 Å². The fraction of sp³-hybridized carbons (Fsp3) is 0.818. The van der Waals surface area contributed by atoms with Crippen LogP contribution >= 0.6 is 0 Å². The van der Waals surface area contributed by atoms with E-state index < -0.39 is 0 Å². The maximum Gasteiger partial charge on any atom is 0.223 e. The molecule has 1 aliphatic carbocycles. The summed E-state index contributed by atoms with van der Waals surface area (Å²) < 4.78 is 0. The van der Waals surface area contributed by atoms with Gasteiger partial charge in [0.15, 0.2) is 0 Å². The molecule has 0 radical (unpaired) electrons. The van der Waals surface area contributed by atoms with Crippen LogP contribution in [0.2, 0.25) is 0 Å². The first kappa shape index (κ1) is 11.0. The Kier molecular flexibility index (Phi) is 3.94. The normalized spacial score (nSPS) is 15.3. The van der Waals surface area contributed by atoms with E-state index in [1.54, 1.807) is 0 Å². The molecule has 3 nitrogen and oxygen atoms in total. The number of carbonyl (C=O) groups excluding carboxylic acids is 1. The zero-order chi connectivity index (χ0) is 10.6. The van der Waals surface area contributed by atoms with Gasteiger partial charge < -0.3 is 4.90 Å². The van der Waals surface area contributed by atoms with E-state index in [2.05, 4.69) is 6.07 Å². The number of rotatable bonds is 5. The standard InChI is InChI=1S/C11H18N2O/c1-9(2)8-11(14)13(7-3-6-12)10-4-5-10/h9-10H,3-5,7-8H2,1-2H3. The largest absolute Gasteiger partial charge is 0.339 e. The van der Waals surface area contributed by atoms with Gasteiger partial charge in [0.25, 0.3) is 0 Å². The van der Waals surface area contributed by atoms with Gasteiger partial charge in [-0.1, -0.05) is 13.8 Å². The maximum absolute atomic E-state index is 11.8. The summed E-state index contributed by atoms with van der Waals surface area (Å²) in [5.41, 5.74) is 0. The Hall–Kier alpha value is -1.04. The van der Waals surface area contributed by atoms with E-state index in [9.17, 15) is 4.79 Å². The van der Waals surface area contributed by atoms with Crippen LogP contribution in [0.4, 0.5) is 0 Å². The van der Waals surface area contributed by atoms with Crippen LogP contribution in [-0.4, -0.2) is 23.4 Å². The highest BCUT2D eigenvalue weighted by molar-refractivity contribution is 5.77. The summed E-state index contributed by atoms with van der Waals surface area (Å²) in [5, 5.41) is 8.49. The molecule has 1 fully saturated rings. The molecular weight excluding hydrogens is 176 g/mol. The second-order valence-electron chi connectivity index (χ2n) is 4.32. The first-order valence-electron chi connectivity index (χ1n) is 5.31. The van der Waals surface area contributed by atoms with Crippen molar-refractivity contribution < 1.29 is 4.79 Å². The lowest BCUT2D eigenvalue weighted by molar-refractivity contribution is -0.132. The van der Waals surface area contributed by atoms with Crippen LogP contribution in [0.1, 0.15) is 39.5 Å². The fourth-order valence-corrected chi connectivity index (χ4v) is 1.53. The highest BCUT2D eigenvalue weighted by Crippen LogP contribution is 2.27.